The summed E-state index contributed by atoms with van der Waals surface area (Å²) in [4.78, 5) is 11.3. The van der Waals surface area contributed by atoms with E-state index >= 15 is 0 Å². The van der Waals surface area contributed by atoms with Crippen molar-refractivity contribution in [3.8, 4) is 6.07 Å². The standard InChI is InChI=1S/C7H11N5O2/c8-5-6(12(13)14)7(9)11-3-1-10-2-4-11/h10H,1-4,9H2/b7-6+. The van der Waals surface area contributed by atoms with Crippen LogP contribution in [-0.2, 0) is 0 Å². The maximum absolute atomic E-state index is 10.4. The van der Waals surface area contributed by atoms with Gasteiger partial charge in [-0.15, -0.1) is 0 Å². The van der Waals surface area contributed by atoms with Gasteiger partial charge < -0.3 is 16.0 Å². The maximum Gasteiger partial charge on any atom is 0.385 e. The van der Waals surface area contributed by atoms with E-state index in [0.717, 1.165) is 13.1 Å². The largest absolute Gasteiger partial charge is 0.385 e. The molecule has 1 rings (SSSR count). The van der Waals surface area contributed by atoms with Crippen molar-refractivity contribution < 1.29 is 4.92 Å². The number of nitrogens with zero attached hydrogens (tertiary/aromatic N) is 3. The fraction of sp³-hybridized carbons (Fsp3) is 0.571. The molecule has 0 atom stereocenters. The van der Waals surface area contributed by atoms with E-state index < -0.39 is 10.6 Å². The number of hydrogen-bond donors (Lipinski definition) is 2. The molecular weight excluding hydrogens is 186 g/mol. The number of nitro groups is 1. The van der Waals surface area contributed by atoms with Gasteiger partial charge >= 0.3 is 5.70 Å². The molecule has 0 aliphatic carbocycles. The van der Waals surface area contributed by atoms with E-state index in [9.17, 15) is 10.1 Å². The molecule has 0 bridgehead atoms. The average molecular weight is 197 g/mol. The molecule has 1 heterocycles. The predicted molar refractivity (Wildman–Crippen MR) is 48.3 cm³/mol. The molecule has 7 nitrogen and oxygen atoms in total. The molecule has 0 unspecified atom stereocenters. The van der Waals surface area contributed by atoms with Crippen molar-refractivity contribution in [2.24, 2.45) is 5.73 Å². The van der Waals surface area contributed by atoms with Gasteiger partial charge in [0.2, 0.25) is 0 Å². The first kappa shape index (κ1) is 10.3. The first-order valence-corrected chi connectivity index (χ1v) is 4.16. The molecule has 0 aromatic rings. The van der Waals surface area contributed by atoms with E-state index in [1.807, 2.05) is 0 Å². The molecule has 0 spiro atoms. The summed E-state index contributed by atoms with van der Waals surface area (Å²) in [6.45, 7) is 2.62. The molecule has 1 saturated heterocycles. The Morgan fingerprint density at radius 3 is 2.57 bits per heavy atom. The highest BCUT2D eigenvalue weighted by atomic mass is 16.6. The van der Waals surface area contributed by atoms with Crippen LogP contribution in [0.2, 0.25) is 0 Å². The Balaban J connectivity index is 2.83. The van der Waals surface area contributed by atoms with Crippen molar-refractivity contribution in [2.75, 3.05) is 26.2 Å². The summed E-state index contributed by atoms with van der Waals surface area (Å²) in [5.41, 5.74) is 4.94. The molecule has 1 fully saturated rings. The predicted octanol–water partition coefficient (Wildman–Crippen LogP) is -1.18. The number of rotatable bonds is 2. The molecular formula is C7H11N5O2. The van der Waals surface area contributed by atoms with Crippen LogP contribution >= 0.6 is 0 Å². The second-order valence-corrected chi connectivity index (χ2v) is 2.84. The number of nitriles is 1. The van der Waals surface area contributed by atoms with Crippen LogP contribution in [0.15, 0.2) is 11.5 Å². The highest BCUT2D eigenvalue weighted by molar-refractivity contribution is 5.18. The van der Waals surface area contributed by atoms with Gasteiger partial charge in [0.15, 0.2) is 11.9 Å². The summed E-state index contributed by atoms with van der Waals surface area (Å²) in [5, 5.41) is 22.0. The first-order chi connectivity index (χ1) is 6.66. The molecule has 1 aliphatic rings. The topological polar surface area (TPSA) is 108 Å². The SMILES string of the molecule is N#C/C(=C(/N)N1CCNCC1)[N+](=O)[O-]. The minimum Gasteiger partial charge on any atom is -0.379 e. The highest BCUT2D eigenvalue weighted by Gasteiger charge is 2.21. The second-order valence-electron chi connectivity index (χ2n) is 2.84. The lowest BCUT2D eigenvalue weighted by Gasteiger charge is -2.28. The molecule has 0 amide bonds. The van der Waals surface area contributed by atoms with Gasteiger partial charge in [0.1, 0.15) is 0 Å². The van der Waals surface area contributed by atoms with Crippen molar-refractivity contribution in [1.82, 2.24) is 10.2 Å². The fourth-order valence-electron chi connectivity index (χ4n) is 1.25. The van der Waals surface area contributed by atoms with E-state index in [4.69, 9.17) is 11.0 Å². The number of hydrogen-bond acceptors (Lipinski definition) is 6. The Morgan fingerprint density at radius 2 is 2.14 bits per heavy atom. The van der Waals surface area contributed by atoms with Gasteiger partial charge in [-0.2, -0.15) is 5.26 Å². The third kappa shape index (κ3) is 2.11. The minimum atomic E-state index is -0.753. The van der Waals surface area contributed by atoms with E-state index in [0.29, 0.717) is 13.1 Å². The molecule has 0 aromatic heterocycles. The van der Waals surface area contributed by atoms with Gasteiger partial charge in [-0.3, -0.25) is 10.1 Å². The summed E-state index contributed by atoms with van der Waals surface area (Å²) in [6, 6.07) is 1.49. The third-order valence-electron chi connectivity index (χ3n) is 1.99. The zero-order chi connectivity index (χ0) is 10.6. The summed E-state index contributed by atoms with van der Waals surface area (Å²) >= 11 is 0. The lowest BCUT2D eigenvalue weighted by atomic mass is 10.3. The number of nitrogens with one attached hydrogen (secondary N) is 1. The second kappa shape index (κ2) is 4.43. The summed E-state index contributed by atoms with van der Waals surface area (Å²) in [5.74, 6) is -0.0426. The van der Waals surface area contributed by atoms with E-state index in [1.165, 1.54) is 6.07 Å². The Morgan fingerprint density at radius 1 is 1.57 bits per heavy atom. The zero-order valence-electron chi connectivity index (χ0n) is 7.56. The molecule has 7 heteroatoms. The van der Waals surface area contributed by atoms with E-state index in [-0.39, 0.29) is 5.82 Å². The van der Waals surface area contributed by atoms with E-state index in [1.54, 1.807) is 4.90 Å². The monoisotopic (exact) mass is 197 g/mol. The Hall–Kier alpha value is -1.81. The Labute approximate surface area is 80.9 Å². The molecule has 0 aromatic carbocycles. The van der Waals surface area contributed by atoms with Gasteiger partial charge in [0.25, 0.3) is 0 Å². The maximum atomic E-state index is 10.4. The lowest BCUT2D eigenvalue weighted by Crippen LogP contribution is -2.45. The quantitative estimate of drug-likeness (QED) is 0.327. The van der Waals surface area contributed by atoms with Crippen LogP contribution in [-0.4, -0.2) is 36.0 Å². The van der Waals surface area contributed by atoms with Crippen LogP contribution in [0.5, 0.6) is 0 Å². The van der Waals surface area contributed by atoms with Gasteiger partial charge in [-0.25, -0.2) is 0 Å². The van der Waals surface area contributed by atoms with Crippen molar-refractivity contribution in [3.63, 3.8) is 0 Å². The Kier molecular flexibility index (Phi) is 3.25. The van der Waals surface area contributed by atoms with Crippen LogP contribution in [0, 0.1) is 21.4 Å². The average Bonchev–Trinajstić information content (AvgIpc) is 2.19. The summed E-state index contributed by atoms with van der Waals surface area (Å²) in [7, 11) is 0. The third-order valence-corrected chi connectivity index (χ3v) is 1.99. The zero-order valence-corrected chi connectivity index (χ0v) is 7.56. The fourth-order valence-corrected chi connectivity index (χ4v) is 1.25. The highest BCUT2D eigenvalue weighted by Crippen LogP contribution is 2.05. The van der Waals surface area contributed by atoms with Gasteiger partial charge in [-0.05, 0) is 0 Å². The van der Waals surface area contributed by atoms with Crippen molar-refractivity contribution in [2.45, 2.75) is 0 Å². The molecule has 0 radical (unpaired) electrons. The molecule has 1 aliphatic heterocycles. The van der Waals surface area contributed by atoms with Crippen molar-refractivity contribution in [1.29, 1.82) is 5.26 Å². The van der Waals surface area contributed by atoms with E-state index in [2.05, 4.69) is 5.32 Å². The summed E-state index contributed by atoms with van der Waals surface area (Å²) < 4.78 is 0. The lowest BCUT2D eigenvalue weighted by molar-refractivity contribution is -0.419. The summed E-state index contributed by atoms with van der Waals surface area (Å²) in [6.07, 6.45) is 0. The smallest absolute Gasteiger partial charge is 0.379 e. The number of nitrogens with two attached hydrogens (primary N) is 1. The van der Waals surface area contributed by atoms with Crippen molar-refractivity contribution >= 4 is 0 Å². The number of piperazine rings is 1. The van der Waals surface area contributed by atoms with Crippen LogP contribution in [0.3, 0.4) is 0 Å². The molecule has 0 saturated carbocycles. The van der Waals surface area contributed by atoms with Gasteiger partial charge in [0.05, 0.1) is 4.92 Å². The van der Waals surface area contributed by atoms with Crippen LogP contribution < -0.4 is 11.1 Å². The number of allylic oxidation sites excluding steroid dienone is 1. The van der Waals surface area contributed by atoms with Crippen LogP contribution in [0.25, 0.3) is 0 Å². The minimum absolute atomic E-state index is 0.0426. The van der Waals surface area contributed by atoms with Gasteiger partial charge in [-0.1, -0.05) is 0 Å². The first-order valence-electron chi connectivity index (χ1n) is 4.16. The van der Waals surface area contributed by atoms with Crippen LogP contribution in [0.4, 0.5) is 0 Å². The molecule has 14 heavy (non-hydrogen) atoms. The van der Waals surface area contributed by atoms with Crippen LogP contribution in [0.1, 0.15) is 0 Å². The normalized spacial score (nSPS) is 18.4. The van der Waals surface area contributed by atoms with Gasteiger partial charge in [0, 0.05) is 26.2 Å². The van der Waals surface area contributed by atoms with Crippen molar-refractivity contribution in [3.05, 3.63) is 21.6 Å². The molecule has 3 N–H and O–H groups in total. The Bertz CT molecular complexity index is 300. The molecule has 76 valence electrons.